The van der Waals surface area contributed by atoms with Crippen molar-refractivity contribution in [2.45, 2.75) is 13.0 Å². The predicted octanol–water partition coefficient (Wildman–Crippen LogP) is 3.31. The SMILES string of the molecule is COC(=O)c1ccc(Oc2coc3cc(O[C@@H](C)C(=O)OC)ccc3c2=O)cc1. The molecule has 0 unspecified atom stereocenters. The first kappa shape index (κ1) is 19.9. The smallest absolute Gasteiger partial charge is 0.346 e. The van der Waals surface area contributed by atoms with E-state index in [4.69, 9.17) is 13.9 Å². The molecule has 0 aliphatic heterocycles. The van der Waals surface area contributed by atoms with Crippen molar-refractivity contribution in [1.82, 2.24) is 0 Å². The van der Waals surface area contributed by atoms with Crippen LogP contribution in [-0.4, -0.2) is 32.3 Å². The molecule has 0 aliphatic rings. The highest BCUT2D eigenvalue weighted by atomic mass is 16.6. The summed E-state index contributed by atoms with van der Waals surface area (Å²) in [5.74, 6) is -0.295. The van der Waals surface area contributed by atoms with Gasteiger partial charge in [-0.05, 0) is 43.3 Å². The van der Waals surface area contributed by atoms with E-state index in [1.165, 1.54) is 44.7 Å². The minimum atomic E-state index is -0.806. The van der Waals surface area contributed by atoms with E-state index >= 15 is 0 Å². The zero-order chi connectivity index (χ0) is 21.0. The van der Waals surface area contributed by atoms with Gasteiger partial charge in [0.25, 0.3) is 0 Å². The molecule has 8 heteroatoms. The molecular formula is C21H18O8. The van der Waals surface area contributed by atoms with Gasteiger partial charge in [-0.2, -0.15) is 0 Å². The number of carbonyl (C=O) groups is 2. The summed E-state index contributed by atoms with van der Waals surface area (Å²) in [6.07, 6.45) is 0.381. The number of fused-ring (bicyclic) bond motifs is 1. The average Bonchev–Trinajstić information content (AvgIpc) is 2.75. The second-order valence-electron chi connectivity index (χ2n) is 5.99. The van der Waals surface area contributed by atoms with E-state index in [1.54, 1.807) is 25.1 Å². The average molecular weight is 398 g/mol. The van der Waals surface area contributed by atoms with Crippen LogP contribution in [0.5, 0.6) is 17.2 Å². The molecule has 1 atom stereocenters. The van der Waals surface area contributed by atoms with E-state index < -0.39 is 18.0 Å². The first-order valence-electron chi connectivity index (χ1n) is 8.59. The number of methoxy groups -OCH3 is 2. The Morgan fingerprint density at radius 2 is 1.66 bits per heavy atom. The van der Waals surface area contributed by atoms with E-state index in [2.05, 4.69) is 9.47 Å². The van der Waals surface area contributed by atoms with E-state index in [1.807, 2.05) is 0 Å². The van der Waals surface area contributed by atoms with Crippen molar-refractivity contribution in [3.63, 3.8) is 0 Å². The largest absolute Gasteiger partial charge is 0.479 e. The van der Waals surface area contributed by atoms with Crippen LogP contribution in [0.25, 0.3) is 11.0 Å². The molecule has 0 amide bonds. The number of carbonyl (C=O) groups excluding carboxylic acids is 2. The Hall–Kier alpha value is -3.81. The van der Waals surface area contributed by atoms with Gasteiger partial charge in [0.15, 0.2) is 6.10 Å². The number of benzene rings is 2. The van der Waals surface area contributed by atoms with Crippen LogP contribution in [-0.2, 0) is 14.3 Å². The fourth-order valence-corrected chi connectivity index (χ4v) is 2.56. The Kier molecular flexibility index (Phi) is 5.82. The zero-order valence-corrected chi connectivity index (χ0v) is 16.0. The van der Waals surface area contributed by atoms with Gasteiger partial charge in [-0.15, -0.1) is 0 Å². The minimum absolute atomic E-state index is 0.0140. The monoisotopic (exact) mass is 398 g/mol. The van der Waals surface area contributed by atoms with E-state index in [0.29, 0.717) is 17.1 Å². The Balaban J connectivity index is 1.83. The second kappa shape index (κ2) is 8.47. The number of hydrogen-bond donors (Lipinski definition) is 0. The maximum atomic E-state index is 12.7. The molecule has 150 valence electrons. The van der Waals surface area contributed by atoms with Gasteiger partial charge in [0.05, 0.1) is 25.2 Å². The Morgan fingerprint density at radius 1 is 0.966 bits per heavy atom. The lowest BCUT2D eigenvalue weighted by molar-refractivity contribution is -0.147. The van der Waals surface area contributed by atoms with Crippen molar-refractivity contribution >= 4 is 22.9 Å². The summed E-state index contributed by atoms with van der Waals surface area (Å²) in [5.41, 5.74) is 0.257. The van der Waals surface area contributed by atoms with Crippen LogP contribution in [0.3, 0.4) is 0 Å². The molecule has 0 bridgehead atoms. The van der Waals surface area contributed by atoms with Crippen molar-refractivity contribution in [2.24, 2.45) is 0 Å². The first-order chi connectivity index (χ1) is 13.9. The summed E-state index contributed by atoms with van der Waals surface area (Å²) in [6, 6.07) is 10.7. The quantitative estimate of drug-likeness (QED) is 0.583. The summed E-state index contributed by atoms with van der Waals surface area (Å²) >= 11 is 0. The Labute approximate surface area is 165 Å². The third-order valence-corrected chi connectivity index (χ3v) is 4.06. The molecule has 3 aromatic rings. The molecule has 0 radical (unpaired) electrons. The summed E-state index contributed by atoms with van der Waals surface area (Å²) in [7, 11) is 2.56. The molecule has 2 aromatic carbocycles. The van der Waals surface area contributed by atoms with Crippen LogP contribution >= 0.6 is 0 Å². The number of ether oxygens (including phenoxy) is 4. The molecule has 1 aromatic heterocycles. The molecule has 3 rings (SSSR count). The number of rotatable bonds is 6. The molecule has 0 saturated heterocycles. The van der Waals surface area contributed by atoms with Crippen LogP contribution in [0.4, 0.5) is 0 Å². The molecule has 1 heterocycles. The van der Waals surface area contributed by atoms with Gasteiger partial charge in [-0.25, -0.2) is 9.59 Å². The third-order valence-electron chi connectivity index (χ3n) is 4.06. The van der Waals surface area contributed by atoms with Gasteiger partial charge in [0.1, 0.15) is 23.3 Å². The maximum absolute atomic E-state index is 12.7. The van der Waals surface area contributed by atoms with Crippen LogP contribution in [0.2, 0.25) is 0 Å². The fraction of sp³-hybridized carbons (Fsp3) is 0.190. The summed E-state index contributed by atoms with van der Waals surface area (Å²) in [4.78, 5) is 35.6. The second-order valence-corrected chi connectivity index (χ2v) is 5.99. The summed E-state index contributed by atoms with van der Waals surface area (Å²) in [6.45, 7) is 1.55. The molecule has 0 aliphatic carbocycles. The molecule has 0 saturated carbocycles. The topological polar surface area (TPSA) is 101 Å². The highest BCUT2D eigenvalue weighted by Gasteiger charge is 2.16. The highest BCUT2D eigenvalue weighted by molar-refractivity contribution is 5.89. The summed E-state index contributed by atoms with van der Waals surface area (Å²) in [5, 5.41) is 0.284. The van der Waals surface area contributed by atoms with Crippen LogP contribution in [0.1, 0.15) is 17.3 Å². The first-order valence-corrected chi connectivity index (χ1v) is 8.59. The molecule has 8 nitrogen and oxygen atoms in total. The zero-order valence-electron chi connectivity index (χ0n) is 16.0. The van der Waals surface area contributed by atoms with Crippen molar-refractivity contribution < 1.29 is 33.0 Å². The van der Waals surface area contributed by atoms with Gasteiger partial charge in [0, 0.05) is 6.07 Å². The predicted molar refractivity (Wildman–Crippen MR) is 102 cm³/mol. The molecule has 0 N–H and O–H groups in total. The van der Waals surface area contributed by atoms with Gasteiger partial charge in [-0.1, -0.05) is 0 Å². The van der Waals surface area contributed by atoms with Gasteiger partial charge in [-0.3, -0.25) is 4.79 Å². The number of esters is 2. The Bertz CT molecular complexity index is 1100. The molecule has 29 heavy (non-hydrogen) atoms. The Morgan fingerprint density at radius 3 is 2.31 bits per heavy atom. The lowest BCUT2D eigenvalue weighted by Crippen LogP contribution is -2.24. The van der Waals surface area contributed by atoms with Crippen LogP contribution in [0, 0.1) is 0 Å². The molecule has 0 spiro atoms. The van der Waals surface area contributed by atoms with E-state index in [0.717, 1.165) is 0 Å². The van der Waals surface area contributed by atoms with Crippen molar-refractivity contribution in [1.29, 1.82) is 0 Å². The van der Waals surface area contributed by atoms with Gasteiger partial charge in [0.2, 0.25) is 11.2 Å². The highest BCUT2D eigenvalue weighted by Crippen LogP contribution is 2.25. The van der Waals surface area contributed by atoms with Crippen LogP contribution in [0.15, 0.2) is 57.9 Å². The molecule has 0 fully saturated rings. The standard InChI is InChI=1S/C21H18O8/c1-12(20(23)25-2)28-15-8-9-16-17(10-15)27-11-18(19(16)22)29-14-6-4-13(5-7-14)21(24)26-3/h4-12H,1-3H3/t12-/m0/s1. The van der Waals surface area contributed by atoms with Gasteiger partial charge >= 0.3 is 11.9 Å². The van der Waals surface area contributed by atoms with Crippen molar-refractivity contribution in [2.75, 3.05) is 14.2 Å². The van der Waals surface area contributed by atoms with Crippen molar-refractivity contribution in [3.05, 3.63) is 64.5 Å². The maximum Gasteiger partial charge on any atom is 0.346 e. The summed E-state index contributed by atoms with van der Waals surface area (Å²) < 4.78 is 25.8. The van der Waals surface area contributed by atoms with Crippen molar-refractivity contribution in [3.8, 4) is 17.2 Å². The minimum Gasteiger partial charge on any atom is -0.479 e. The lowest BCUT2D eigenvalue weighted by Gasteiger charge is -2.12. The molecular weight excluding hydrogens is 380 g/mol. The normalized spacial score (nSPS) is 11.6. The lowest BCUT2D eigenvalue weighted by atomic mass is 10.2. The van der Waals surface area contributed by atoms with E-state index in [9.17, 15) is 14.4 Å². The third kappa shape index (κ3) is 4.37. The van der Waals surface area contributed by atoms with E-state index in [-0.39, 0.29) is 22.1 Å². The van der Waals surface area contributed by atoms with Gasteiger partial charge < -0.3 is 23.4 Å². The fourth-order valence-electron chi connectivity index (χ4n) is 2.56. The number of hydrogen-bond acceptors (Lipinski definition) is 8. The van der Waals surface area contributed by atoms with Crippen LogP contribution < -0.4 is 14.9 Å².